The lowest BCUT2D eigenvalue weighted by Crippen LogP contribution is -2.41. The van der Waals surface area contributed by atoms with Crippen molar-refractivity contribution in [3.05, 3.63) is 17.5 Å². The van der Waals surface area contributed by atoms with Gasteiger partial charge in [0.05, 0.1) is 17.2 Å². The van der Waals surface area contributed by atoms with Crippen LogP contribution < -0.4 is 5.73 Å². The van der Waals surface area contributed by atoms with Gasteiger partial charge in [-0.1, -0.05) is 0 Å². The van der Waals surface area contributed by atoms with E-state index in [0.717, 1.165) is 12.2 Å². The summed E-state index contributed by atoms with van der Waals surface area (Å²) in [6, 6.07) is 2.01. The van der Waals surface area contributed by atoms with Crippen LogP contribution in [-0.4, -0.2) is 53.1 Å². The van der Waals surface area contributed by atoms with Gasteiger partial charge in [-0.3, -0.25) is 14.4 Å². The van der Waals surface area contributed by atoms with Gasteiger partial charge in [-0.25, -0.2) is 8.42 Å². The Balaban J connectivity index is 2.02. The average molecular weight is 326 g/mol. The standard InChI is InChI=1S/C14H22N4O3S/c1-10(2)17-6-11-5-12(13(15)19)16-18(11)8-14(7-17)3-4-22(20,21)9-14/h5,10H,3-4,6-9H2,1-2H3,(H2,15,19). The van der Waals surface area contributed by atoms with Gasteiger partial charge in [0.1, 0.15) is 5.69 Å². The Labute approximate surface area is 130 Å². The molecule has 1 atom stereocenters. The summed E-state index contributed by atoms with van der Waals surface area (Å²) >= 11 is 0. The number of carbonyl (C=O) groups excluding carboxylic acids is 1. The highest BCUT2D eigenvalue weighted by Gasteiger charge is 2.46. The Kier molecular flexibility index (Phi) is 3.56. The summed E-state index contributed by atoms with van der Waals surface area (Å²) in [6.07, 6.45) is 0.643. The van der Waals surface area contributed by atoms with Gasteiger partial charge in [0, 0.05) is 31.1 Å². The lowest BCUT2D eigenvalue weighted by atomic mass is 9.87. The van der Waals surface area contributed by atoms with Crippen molar-refractivity contribution in [3.8, 4) is 0 Å². The van der Waals surface area contributed by atoms with E-state index >= 15 is 0 Å². The molecule has 8 heteroatoms. The Hall–Kier alpha value is -1.41. The second kappa shape index (κ2) is 5.06. The van der Waals surface area contributed by atoms with Crippen molar-refractivity contribution in [1.82, 2.24) is 14.7 Å². The minimum absolute atomic E-state index is 0.189. The molecule has 2 aliphatic heterocycles. The van der Waals surface area contributed by atoms with Crippen LogP contribution >= 0.6 is 0 Å². The van der Waals surface area contributed by atoms with Gasteiger partial charge in [0.2, 0.25) is 0 Å². The number of fused-ring (bicyclic) bond motifs is 1. The monoisotopic (exact) mass is 326 g/mol. The fourth-order valence-electron chi connectivity index (χ4n) is 3.50. The van der Waals surface area contributed by atoms with E-state index in [9.17, 15) is 13.2 Å². The average Bonchev–Trinajstić information content (AvgIpc) is 2.86. The minimum Gasteiger partial charge on any atom is -0.364 e. The summed E-state index contributed by atoms with van der Waals surface area (Å²) in [6.45, 7) is 6.10. The lowest BCUT2D eigenvalue weighted by molar-refractivity contribution is 0.0992. The molecular weight excluding hydrogens is 304 g/mol. The molecule has 1 aromatic rings. The molecule has 2 aliphatic rings. The molecule has 1 unspecified atom stereocenters. The van der Waals surface area contributed by atoms with Crippen molar-refractivity contribution in [2.24, 2.45) is 11.1 Å². The number of hydrogen-bond acceptors (Lipinski definition) is 5. The van der Waals surface area contributed by atoms with Crippen LogP contribution in [0.15, 0.2) is 6.07 Å². The van der Waals surface area contributed by atoms with Crippen molar-refractivity contribution < 1.29 is 13.2 Å². The normalized spacial score (nSPS) is 28.0. The fourth-order valence-corrected chi connectivity index (χ4v) is 5.65. The van der Waals surface area contributed by atoms with E-state index in [-0.39, 0.29) is 22.6 Å². The zero-order valence-electron chi connectivity index (χ0n) is 12.9. The highest BCUT2D eigenvalue weighted by Crippen LogP contribution is 2.38. The summed E-state index contributed by atoms with van der Waals surface area (Å²) in [5.41, 5.74) is 6.17. The van der Waals surface area contributed by atoms with Crippen molar-refractivity contribution in [2.45, 2.75) is 39.4 Å². The number of sulfone groups is 1. The maximum atomic E-state index is 12.0. The van der Waals surface area contributed by atoms with Crippen LogP contribution in [0.25, 0.3) is 0 Å². The Bertz CT molecular complexity index is 710. The van der Waals surface area contributed by atoms with E-state index in [2.05, 4.69) is 23.8 Å². The summed E-state index contributed by atoms with van der Waals surface area (Å²) in [7, 11) is -2.99. The molecule has 0 aliphatic carbocycles. The minimum atomic E-state index is -2.99. The van der Waals surface area contributed by atoms with Crippen molar-refractivity contribution in [2.75, 3.05) is 18.1 Å². The zero-order chi connectivity index (χ0) is 16.1. The number of carbonyl (C=O) groups is 1. The van der Waals surface area contributed by atoms with E-state index in [1.807, 2.05) is 0 Å². The summed E-state index contributed by atoms with van der Waals surface area (Å²) in [5, 5.41) is 4.29. The van der Waals surface area contributed by atoms with Crippen LogP contribution in [0.1, 0.15) is 36.5 Å². The fraction of sp³-hybridized carbons (Fsp3) is 0.714. The number of nitrogens with zero attached hydrogens (tertiary/aromatic N) is 3. The third kappa shape index (κ3) is 2.77. The molecule has 1 aromatic heterocycles. The first-order valence-corrected chi connectivity index (χ1v) is 9.33. The SMILES string of the molecule is CC(C)N1Cc2cc(C(N)=O)nn2CC2(CCS(=O)(=O)C2)C1. The van der Waals surface area contributed by atoms with Gasteiger partial charge in [0.15, 0.2) is 9.84 Å². The quantitative estimate of drug-likeness (QED) is 0.825. The molecule has 1 amide bonds. The van der Waals surface area contributed by atoms with Crippen LogP contribution in [-0.2, 0) is 22.9 Å². The molecule has 0 radical (unpaired) electrons. The van der Waals surface area contributed by atoms with E-state index in [4.69, 9.17) is 5.73 Å². The third-order valence-electron chi connectivity index (χ3n) is 4.70. The second-order valence-electron chi connectivity index (χ2n) is 6.88. The maximum Gasteiger partial charge on any atom is 0.269 e. The molecule has 122 valence electrons. The van der Waals surface area contributed by atoms with Gasteiger partial charge in [-0.05, 0) is 26.3 Å². The molecule has 7 nitrogen and oxygen atoms in total. The van der Waals surface area contributed by atoms with Gasteiger partial charge >= 0.3 is 0 Å². The number of nitrogens with two attached hydrogens (primary N) is 1. The molecule has 1 fully saturated rings. The predicted molar refractivity (Wildman–Crippen MR) is 82.0 cm³/mol. The molecule has 2 N–H and O–H groups in total. The summed E-state index contributed by atoms with van der Waals surface area (Å²) in [5.74, 6) is -0.128. The van der Waals surface area contributed by atoms with E-state index in [1.165, 1.54) is 0 Å². The summed E-state index contributed by atoms with van der Waals surface area (Å²) < 4.78 is 25.8. The number of primary amides is 1. The van der Waals surface area contributed by atoms with Crippen LogP contribution in [0.3, 0.4) is 0 Å². The van der Waals surface area contributed by atoms with E-state index < -0.39 is 15.7 Å². The van der Waals surface area contributed by atoms with Crippen molar-refractivity contribution >= 4 is 15.7 Å². The van der Waals surface area contributed by atoms with Gasteiger partial charge in [0.25, 0.3) is 5.91 Å². The molecule has 0 saturated carbocycles. The van der Waals surface area contributed by atoms with Crippen LogP contribution in [0, 0.1) is 5.41 Å². The van der Waals surface area contributed by atoms with Gasteiger partial charge < -0.3 is 5.73 Å². The van der Waals surface area contributed by atoms with E-state index in [1.54, 1.807) is 10.7 Å². The van der Waals surface area contributed by atoms with E-state index in [0.29, 0.717) is 25.6 Å². The molecule has 3 heterocycles. The number of aromatic nitrogens is 2. The first kappa shape index (κ1) is 15.5. The van der Waals surface area contributed by atoms with Gasteiger partial charge in [-0.2, -0.15) is 5.10 Å². The molecule has 22 heavy (non-hydrogen) atoms. The zero-order valence-corrected chi connectivity index (χ0v) is 13.8. The number of amides is 1. The summed E-state index contributed by atoms with van der Waals surface area (Å²) in [4.78, 5) is 13.6. The second-order valence-corrected chi connectivity index (χ2v) is 9.07. The molecule has 0 aromatic carbocycles. The Morgan fingerprint density at radius 2 is 2.14 bits per heavy atom. The molecular formula is C14H22N4O3S. The van der Waals surface area contributed by atoms with Crippen molar-refractivity contribution in [3.63, 3.8) is 0 Å². The van der Waals surface area contributed by atoms with Gasteiger partial charge in [-0.15, -0.1) is 0 Å². The number of rotatable bonds is 2. The maximum absolute atomic E-state index is 12.0. The van der Waals surface area contributed by atoms with Crippen LogP contribution in [0.4, 0.5) is 0 Å². The van der Waals surface area contributed by atoms with Crippen molar-refractivity contribution in [1.29, 1.82) is 0 Å². The number of hydrogen-bond donors (Lipinski definition) is 1. The molecule has 1 spiro atoms. The Morgan fingerprint density at radius 3 is 2.68 bits per heavy atom. The molecule has 0 bridgehead atoms. The lowest BCUT2D eigenvalue weighted by Gasteiger charge is -2.33. The Morgan fingerprint density at radius 1 is 1.41 bits per heavy atom. The highest BCUT2D eigenvalue weighted by molar-refractivity contribution is 7.91. The third-order valence-corrected chi connectivity index (χ3v) is 6.58. The first-order valence-electron chi connectivity index (χ1n) is 7.51. The highest BCUT2D eigenvalue weighted by atomic mass is 32.2. The smallest absolute Gasteiger partial charge is 0.269 e. The van der Waals surface area contributed by atoms with Crippen LogP contribution in [0.5, 0.6) is 0 Å². The predicted octanol–water partition coefficient (Wildman–Crippen LogP) is 0.0109. The topological polar surface area (TPSA) is 98.3 Å². The first-order chi connectivity index (χ1) is 10.2. The largest absolute Gasteiger partial charge is 0.364 e. The van der Waals surface area contributed by atoms with Crippen LogP contribution in [0.2, 0.25) is 0 Å². The molecule has 3 rings (SSSR count). The molecule has 1 saturated heterocycles.